The lowest BCUT2D eigenvalue weighted by Gasteiger charge is -2.70. The first kappa shape index (κ1) is 21.8. The van der Waals surface area contributed by atoms with E-state index in [9.17, 15) is 24.8 Å². The molecule has 30 heavy (non-hydrogen) atoms. The van der Waals surface area contributed by atoms with Crippen molar-refractivity contribution in [1.82, 2.24) is 0 Å². The Morgan fingerprint density at radius 2 is 1.90 bits per heavy atom. The fourth-order valence-corrected chi connectivity index (χ4v) is 8.79. The molecule has 1 unspecified atom stereocenters. The van der Waals surface area contributed by atoms with E-state index in [1.54, 1.807) is 0 Å². The Labute approximate surface area is 182 Å². The average Bonchev–Trinajstić information content (AvgIpc) is 2.70. The quantitative estimate of drug-likeness (QED) is 0.405. The molecule has 6 nitrogen and oxygen atoms in total. The molecule has 5 aliphatic rings. The van der Waals surface area contributed by atoms with Gasteiger partial charge in [0.2, 0.25) is 0 Å². The van der Waals surface area contributed by atoms with E-state index in [0.717, 1.165) is 19.3 Å². The summed E-state index contributed by atoms with van der Waals surface area (Å²) in [7, 11) is 1.41. The third-order valence-electron chi connectivity index (χ3n) is 9.66. The number of hydrogen-bond donors (Lipinski definition) is 1. The maximum atomic E-state index is 13.9. The van der Waals surface area contributed by atoms with Crippen molar-refractivity contribution >= 4 is 29.1 Å². The van der Waals surface area contributed by atoms with Crippen LogP contribution < -0.4 is 0 Å². The normalized spacial score (nSPS) is 52.0. The molecule has 0 heterocycles. The van der Waals surface area contributed by atoms with E-state index in [0.29, 0.717) is 19.3 Å². The molecule has 0 aromatic rings. The van der Waals surface area contributed by atoms with Crippen LogP contribution in [-0.2, 0) is 19.1 Å². The molecule has 5 rings (SSSR count). The van der Waals surface area contributed by atoms with Crippen LogP contribution >= 0.6 is 11.6 Å². The number of ketones is 2. The molecule has 5 fully saturated rings. The molecule has 0 aromatic heterocycles. The van der Waals surface area contributed by atoms with Gasteiger partial charge in [-0.05, 0) is 69.6 Å². The zero-order valence-electron chi connectivity index (χ0n) is 18.1. The van der Waals surface area contributed by atoms with Crippen LogP contribution in [-0.4, -0.2) is 40.2 Å². The molecule has 0 saturated heterocycles. The van der Waals surface area contributed by atoms with Crippen LogP contribution in [0.3, 0.4) is 0 Å². The number of esters is 1. The minimum absolute atomic E-state index is 0.0148. The van der Waals surface area contributed by atoms with Gasteiger partial charge in [0, 0.05) is 5.92 Å². The highest BCUT2D eigenvalue weighted by Crippen LogP contribution is 2.75. The summed E-state index contributed by atoms with van der Waals surface area (Å²) in [5.74, 6) is -2.35. The summed E-state index contributed by atoms with van der Waals surface area (Å²) in [5.41, 5.74) is -4.45. The number of methoxy groups -OCH3 is 1. The number of fused-ring (bicyclic) bond motifs is 3. The molecule has 5 saturated carbocycles. The molecule has 0 amide bonds. The van der Waals surface area contributed by atoms with Crippen molar-refractivity contribution in [3.05, 3.63) is 0 Å². The fourth-order valence-electron chi connectivity index (χ4n) is 8.29. The summed E-state index contributed by atoms with van der Waals surface area (Å²) in [4.78, 5) is 37.6. The highest BCUT2D eigenvalue weighted by Gasteiger charge is 2.80. The van der Waals surface area contributed by atoms with E-state index in [1.807, 2.05) is 6.92 Å². The maximum Gasteiger partial charge on any atom is 0.311 e. The molecular formula is C23H30ClNO5. The van der Waals surface area contributed by atoms with Crippen molar-refractivity contribution in [3.63, 3.8) is 0 Å². The predicted octanol–water partition coefficient (Wildman–Crippen LogP) is 3.18. The highest BCUT2D eigenvalue weighted by atomic mass is 35.5. The summed E-state index contributed by atoms with van der Waals surface area (Å²) in [5, 5.41) is 21.3. The SMILES string of the molecule is COC(=O)[C@]1(C)CCC[C@@]2(C)[C@H]1CC[C@]13C(=O)C(O)(C(C)=O)[C@H](C[C@H]21)C[C@]3(Cl)C#N. The van der Waals surface area contributed by atoms with Crippen LogP contribution in [0.2, 0.25) is 0 Å². The van der Waals surface area contributed by atoms with E-state index < -0.39 is 44.2 Å². The van der Waals surface area contributed by atoms with Gasteiger partial charge in [-0.25, -0.2) is 0 Å². The van der Waals surface area contributed by atoms with Crippen molar-refractivity contribution < 1.29 is 24.2 Å². The number of ether oxygens (including phenoxy) is 1. The molecular weight excluding hydrogens is 406 g/mol. The second-order valence-corrected chi connectivity index (χ2v) is 11.2. The van der Waals surface area contributed by atoms with Crippen LogP contribution in [0.5, 0.6) is 0 Å². The lowest BCUT2D eigenvalue weighted by molar-refractivity contribution is -0.227. The van der Waals surface area contributed by atoms with Gasteiger partial charge in [0.15, 0.2) is 17.2 Å². The van der Waals surface area contributed by atoms with Gasteiger partial charge in [0.25, 0.3) is 0 Å². The summed E-state index contributed by atoms with van der Waals surface area (Å²) in [6.45, 7) is 5.31. The molecule has 164 valence electrons. The number of nitriles is 1. The van der Waals surface area contributed by atoms with E-state index >= 15 is 0 Å². The number of nitrogens with zero attached hydrogens (tertiary/aromatic N) is 1. The van der Waals surface area contributed by atoms with E-state index in [1.165, 1.54) is 14.0 Å². The summed E-state index contributed by atoms with van der Waals surface area (Å²) in [6.07, 6.45) is 3.75. The molecule has 0 aliphatic heterocycles. The topological polar surface area (TPSA) is 104 Å². The van der Waals surface area contributed by atoms with Gasteiger partial charge in [0.1, 0.15) is 4.87 Å². The summed E-state index contributed by atoms with van der Waals surface area (Å²) in [6, 6.07) is 2.21. The van der Waals surface area contributed by atoms with Crippen molar-refractivity contribution in [2.45, 2.75) is 76.2 Å². The van der Waals surface area contributed by atoms with Crippen molar-refractivity contribution in [3.8, 4) is 6.07 Å². The Morgan fingerprint density at radius 1 is 1.23 bits per heavy atom. The lowest BCUT2D eigenvalue weighted by Crippen LogP contribution is -2.78. The van der Waals surface area contributed by atoms with Gasteiger partial charge in [-0.2, -0.15) is 5.26 Å². The number of hydrogen-bond acceptors (Lipinski definition) is 6. The minimum atomic E-state index is -2.07. The summed E-state index contributed by atoms with van der Waals surface area (Å²) >= 11 is 6.91. The molecule has 8 atom stereocenters. The standard InChI is InChI=1S/C23H30ClNO5/c1-13(26)23(29)14-10-16-19(2)7-5-8-20(3,18(28)30-4)15(19)6-9-22(16,17(23)27)21(24,11-14)12-25/h14-16,29H,5-11H2,1-4H3/t14-,15-,16-,19+,20-,21+,22-,23?/m1/s1. The average molecular weight is 436 g/mol. The molecule has 0 radical (unpaired) electrons. The molecule has 2 bridgehead atoms. The fraction of sp³-hybridized carbons (Fsp3) is 0.826. The molecule has 1 N–H and O–H groups in total. The minimum Gasteiger partial charge on any atom is -0.469 e. The van der Waals surface area contributed by atoms with Gasteiger partial charge < -0.3 is 9.84 Å². The number of alkyl halides is 1. The van der Waals surface area contributed by atoms with Crippen LogP contribution in [0.25, 0.3) is 0 Å². The maximum absolute atomic E-state index is 13.9. The predicted molar refractivity (Wildman–Crippen MR) is 108 cm³/mol. The van der Waals surface area contributed by atoms with Crippen LogP contribution in [0.1, 0.15) is 65.7 Å². The van der Waals surface area contributed by atoms with Crippen LogP contribution in [0.4, 0.5) is 0 Å². The second-order valence-electron chi connectivity index (χ2n) is 10.6. The van der Waals surface area contributed by atoms with Gasteiger partial charge >= 0.3 is 5.97 Å². The number of halogens is 1. The van der Waals surface area contributed by atoms with Crippen molar-refractivity contribution in [2.75, 3.05) is 7.11 Å². The smallest absolute Gasteiger partial charge is 0.311 e. The zero-order valence-corrected chi connectivity index (χ0v) is 18.8. The van der Waals surface area contributed by atoms with Gasteiger partial charge in [-0.1, -0.05) is 13.3 Å². The third kappa shape index (κ3) is 2.16. The Kier molecular flexibility index (Phi) is 4.57. The zero-order chi connectivity index (χ0) is 22.3. The summed E-state index contributed by atoms with van der Waals surface area (Å²) < 4.78 is 5.16. The Balaban J connectivity index is 1.90. The first-order valence-corrected chi connectivity index (χ1v) is 11.2. The molecule has 0 aromatic carbocycles. The van der Waals surface area contributed by atoms with Gasteiger partial charge in [0.05, 0.1) is 24.0 Å². The number of aliphatic hydroxyl groups is 1. The monoisotopic (exact) mass is 435 g/mol. The molecule has 7 heteroatoms. The largest absolute Gasteiger partial charge is 0.469 e. The highest BCUT2D eigenvalue weighted by molar-refractivity contribution is 6.30. The first-order chi connectivity index (χ1) is 13.9. The Hall–Kier alpha value is -1.45. The number of Topliss-reactive ketones (excluding diaryl/α,β-unsaturated/α-hetero) is 2. The van der Waals surface area contributed by atoms with Crippen LogP contribution in [0, 0.1) is 45.3 Å². The van der Waals surface area contributed by atoms with Gasteiger partial charge in [-0.3, -0.25) is 14.4 Å². The number of rotatable bonds is 2. The van der Waals surface area contributed by atoms with E-state index in [-0.39, 0.29) is 24.2 Å². The first-order valence-electron chi connectivity index (χ1n) is 10.9. The lowest BCUT2D eigenvalue weighted by atomic mass is 9.33. The Morgan fingerprint density at radius 3 is 2.47 bits per heavy atom. The Bertz CT molecular complexity index is 883. The van der Waals surface area contributed by atoms with Crippen LogP contribution in [0.15, 0.2) is 0 Å². The van der Waals surface area contributed by atoms with E-state index in [4.69, 9.17) is 16.3 Å². The second kappa shape index (κ2) is 6.29. The van der Waals surface area contributed by atoms with E-state index in [2.05, 4.69) is 13.0 Å². The van der Waals surface area contributed by atoms with Crippen molar-refractivity contribution in [2.24, 2.45) is 34.0 Å². The number of carbonyl (C=O) groups excluding carboxylic acids is 3. The van der Waals surface area contributed by atoms with Crippen molar-refractivity contribution in [1.29, 1.82) is 5.26 Å². The number of carbonyl (C=O) groups is 3. The molecule has 5 aliphatic carbocycles. The molecule has 1 spiro atoms. The third-order valence-corrected chi connectivity index (χ3v) is 10.2. The van der Waals surface area contributed by atoms with Gasteiger partial charge in [-0.15, -0.1) is 11.6 Å².